The van der Waals surface area contributed by atoms with Crippen molar-refractivity contribution in [1.29, 1.82) is 0 Å². The molecule has 9 nitrogen and oxygen atoms in total. The summed E-state index contributed by atoms with van der Waals surface area (Å²) in [5.41, 5.74) is 1.01. The highest BCUT2D eigenvalue weighted by molar-refractivity contribution is 7.92. The lowest BCUT2D eigenvalue weighted by molar-refractivity contribution is 0.475. The van der Waals surface area contributed by atoms with Crippen LogP contribution in [0, 0.1) is 0 Å². The van der Waals surface area contributed by atoms with Gasteiger partial charge in [0.05, 0.1) is 16.9 Å². The number of sulfonamides is 1. The van der Waals surface area contributed by atoms with E-state index >= 15 is 0 Å². The second-order valence-corrected chi connectivity index (χ2v) is 8.43. The molecule has 156 valence electrons. The topological polar surface area (TPSA) is 137 Å². The number of aromatic hydroxyl groups is 2. The van der Waals surface area contributed by atoms with Crippen molar-refractivity contribution in [2.75, 3.05) is 4.72 Å². The molecule has 2 heterocycles. The van der Waals surface area contributed by atoms with Crippen LogP contribution in [0.5, 0.6) is 11.5 Å². The van der Waals surface area contributed by atoms with Crippen LogP contribution in [0.15, 0.2) is 82.1 Å². The standard InChI is InChI=1S/C20H14ClN5O4S/c21-16-10-14(31(29,30)26-12-3-1-4-13(27)9-12)11-23-20(16)25-24-17-6-7-18(28)15-5-2-8-22-19(15)17/h1-11,26-28H. The van der Waals surface area contributed by atoms with Crippen molar-refractivity contribution < 1.29 is 18.6 Å². The fourth-order valence-electron chi connectivity index (χ4n) is 2.74. The molecule has 0 atom stereocenters. The number of rotatable bonds is 5. The molecular formula is C20H14ClN5O4S. The van der Waals surface area contributed by atoms with Gasteiger partial charge in [-0.3, -0.25) is 9.71 Å². The number of nitrogens with one attached hydrogen (secondary N) is 1. The molecule has 0 spiro atoms. The molecule has 2 aromatic heterocycles. The van der Waals surface area contributed by atoms with Crippen LogP contribution in [0.1, 0.15) is 0 Å². The highest BCUT2D eigenvalue weighted by Gasteiger charge is 2.17. The Labute approximate surface area is 181 Å². The van der Waals surface area contributed by atoms with Gasteiger partial charge >= 0.3 is 0 Å². The molecule has 4 aromatic rings. The number of aromatic nitrogens is 2. The normalized spacial score (nSPS) is 11.8. The molecule has 0 amide bonds. The van der Waals surface area contributed by atoms with Crippen molar-refractivity contribution in [3.05, 3.63) is 72.0 Å². The zero-order chi connectivity index (χ0) is 22.0. The molecule has 0 aliphatic heterocycles. The largest absolute Gasteiger partial charge is 0.508 e. The maximum atomic E-state index is 12.6. The third-order valence-electron chi connectivity index (χ3n) is 4.18. The summed E-state index contributed by atoms with van der Waals surface area (Å²) in [5.74, 6) is -0.00880. The van der Waals surface area contributed by atoms with Gasteiger partial charge in [-0.2, -0.15) is 0 Å². The second-order valence-electron chi connectivity index (χ2n) is 6.34. The van der Waals surface area contributed by atoms with E-state index in [2.05, 4.69) is 24.9 Å². The van der Waals surface area contributed by atoms with Crippen LogP contribution in [0.25, 0.3) is 10.9 Å². The lowest BCUT2D eigenvalue weighted by atomic mass is 10.2. The first-order chi connectivity index (χ1) is 14.8. The average Bonchev–Trinajstić information content (AvgIpc) is 2.74. The molecule has 0 saturated heterocycles. The van der Waals surface area contributed by atoms with Gasteiger partial charge in [0.15, 0.2) is 5.82 Å². The molecule has 0 saturated carbocycles. The summed E-state index contributed by atoms with van der Waals surface area (Å²) in [5, 5.41) is 28.0. The number of fused-ring (bicyclic) bond motifs is 1. The summed E-state index contributed by atoms with van der Waals surface area (Å²) >= 11 is 6.17. The van der Waals surface area contributed by atoms with Gasteiger partial charge in [0.25, 0.3) is 10.0 Å². The summed E-state index contributed by atoms with van der Waals surface area (Å²) in [6.07, 6.45) is 2.66. The van der Waals surface area contributed by atoms with Gasteiger partial charge in [-0.1, -0.05) is 17.7 Å². The summed E-state index contributed by atoms with van der Waals surface area (Å²) < 4.78 is 27.4. The first kappa shape index (κ1) is 20.5. The first-order valence-corrected chi connectivity index (χ1v) is 10.7. The number of hydrogen-bond donors (Lipinski definition) is 3. The van der Waals surface area contributed by atoms with Gasteiger partial charge in [0.1, 0.15) is 27.6 Å². The third-order valence-corrected chi connectivity index (χ3v) is 5.81. The Balaban J connectivity index is 1.62. The predicted octanol–water partition coefficient (Wildman–Crippen LogP) is 4.91. The van der Waals surface area contributed by atoms with Gasteiger partial charge in [-0.25, -0.2) is 13.4 Å². The van der Waals surface area contributed by atoms with E-state index < -0.39 is 10.0 Å². The molecule has 11 heteroatoms. The summed E-state index contributed by atoms with van der Waals surface area (Å²) in [6, 6.07) is 13.3. The maximum Gasteiger partial charge on any atom is 0.263 e. The van der Waals surface area contributed by atoms with Crippen LogP contribution in [0.4, 0.5) is 17.2 Å². The van der Waals surface area contributed by atoms with Crippen LogP contribution in [-0.4, -0.2) is 28.6 Å². The van der Waals surface area contributed by atoms with E-state index in [1.807, 2.05) is 0 Å². The Hall–Kier alpha value is -3.76. The van der Waals surface area contributed by atoms with Crippen molar-refractivity contribution in [2.24, 2.45) is 10.2 Å². The molecule has 0 aliphatic carbocycles. The van der Waals surface area contributed by atoms with E-state index in [1.54, 1.807) is 24.4 Å². The third kappa shape index (κ3) is 4.39. The first-order valence-electron chi connectivity index (χ1n) is 8.79. The molecule has 2 aromatic carbocycles. The molecule has 0 aliphatic rings. The second kappa shape index (κ2) is 8.17. The maximum absolute atomic E-state index is 12.6. The highest BCUT2D eigenvalue weighted by atomic mass is 35.5. The number of pyridine rings is 2. The van der Waals surface area contributed by atoms with Gasteiger partial charge in [0, 0.05) is 17.6 Å². The summed E-state index contributed by atoms with van der Waals surface area (Å²) in [4.78, 5) is 8.00. The van der Waals surface area contributed by atoms with Gasteiger partial charge in [0.2, 0.25) is 0 Å². The lowest BCUT2D eigenvalue weighted by Gasteiger charge is -2.08. The highest BCUT2D eigenvalue weighted by Crippen LogP contribution is 2.33. The lowest BCUT2D eigenvalue weighted by Crippen LogP contribution is -2.13. The van der Waals surface area contributed by atoms with Gasteiger partial charge < -0.3 is 10.2 Å². The number of nitrogens with zero attached hydrogens (tertiary/aromatic N) is 4. The smallest absolute Gasteiger partial charge is 0.263 e. The molecular weight excluding hydrogens is 442 g/mol. The monoisotopic (exact) mass is 455 g/mol. The Morgan fingerprint density at radius 1 is 0.968 bits per heavy atom. The van der Waals surface area contributed by atoms with Crippen molar-refractivity contribution in [2.45, 2.75) is 4.90 Å². The number of azo groups is 1. The number of benzene rings is 2. The van der Waals surface area contributed by atoms with Crippen LogP contribution in [0.3, 0.4) is 0 Å². The van der Waals surface area contributed by atoms with Crippen LogP contribution in [-0.2, 0) is 10.0 Å². The predicted molar refractivity (Wildman–Crippen MR) is 116 cm³/mol. The van der Waals surface area contributed by atoms with E-state index in [0.29, 0.717) is 16.6 Å². The molecule has 31 heavy (non-hydrogen) atoms. The van der Waals surface area contributed by atoms with Crippen LogP contribution in [0.2, 0.25) is 5.02 Å². The minimum Gasteiger partial charge on any atom is -0.508 e. The number of anilines is 1. The number of hydrogen-bond acceptors (Lipinski definition) is 8. The Kier molecular flexibility index (Phi) is 5.40. The molecule has 0 unspecified atom stereocenters. The van der Waals surface area contributed by atoms with Gasteiger partial charge in [-0.05, 0) is 42.5 Å². The molecule has 0 fully saturated rings. The SMILES string of the molecule is O=S(=O)(Nc1cccc(O)c1)c1cnc(N=Nc2ccc(O)c3cccnc23)c(Cl)c1. The number of halogens is 1. The van der Waals surface area contributed by atoms with E-state index in [-0.39, 0.29) is 32.9 Å². The minimum absolute atomic E-state index is 0.00938. The minimum atomic E-state index is -3.99. The zero-order valence-corrected chi connectivity index (χ0v) is 17.2. The molecule has 0 bridgehead atoms. The van der Waals surface area contributed by atoms with Crippen molar-refractivity contribution in [3.8, 4) is 11.5 Å². The van der Waals surface area contributed by atoms with Crippen molar-refractivity contribution in [1.82, 2.24) is 9.97 Å². The van der Waals surface area contributed by atoms with Crippen LogP contribution >= 0.6 is 11.6 Å². The van der Waals surface area contributed by atoms with E-state index in [1.165, 1.54) is 36.4 Å². The zero-order valence-electron chi connectivity index (χ0n) is 15.6. The fourth-order valence-corrected chi connectivity index (χ4v) is 4.03. The molecule has 4 rings (SSSR count). The Bertz CT molecular complexity index is 1430. The fraction of sp³-hybridized carbons (Fsp3) is 0. The van der Waals surface area contributed by atoms with Crippen LogP contribution < -0.4 is 4.72 Å². The van der Waals surface area contributed by atoms with Crippen molar-refractivity contribution in [3.63, 3.8) is 0 Å². The Morgan fingerprint density at radius 3 is 2.58 bits per heavy atom. The quantitative estimate of drug-likeness (QED) is 0.365. The van der Waals surface area contributed by atoms with Crippen molar-refractivity contribution >= 4 is 49.7 Å². The van der Waals surface area contributed by atoms with E-state index in [0.717, 1.165) is 6.20 Å². The number of phenolic OH excluding ortho intramolecular Hbond substituents is 2. The molecule has 0 radical (unpaired) electrons. The van der Waals surface area contributed by atoms with E-state index in [4.69, 9.17) is 11.6 Å². The summed E-state index contributed by atoms with van der Waals surface area (Å²) in [6.45, 7) is 0. The average molecular weight is 456 g/mol. The molecule has 3 N–H and O–H groups in total. The van der Waals surface area contributed by atoms with E-state index in [9.17, 15) is 18.6 Å². The summed E-state index contributed by atoms with van der Waals surface area (Å²) in [7, 11) is -3.99. The number of phenols is 2. The van der Waals surface area contributed by atoms with Gasteiger partial charge in [-0.15, -0.1) is 10.2 Å². The Morgan fingerprint density at radius 2 is 1.81 bits per heavy atom.